The third kappa shape index (κ3) is 3.63. The maximum Gasteiger partial charge on any atom is 0.121 e. The van der Waals surface area contributed by atoms with Crippen molar-refractivity contribution < 1.29 is 4.74 Å². The molecule has 0 amide bonds. The lowest BCUT2D eigenvalue weighted by molar-refractivity contribution is 0.411. The third-order valence-corrected chi connectivity index (χ3v) is 3.26. The van der Waals surface area contributed by atoms with E-state index in [0.29, 0.717) is 5.92 Å². The number of aryl methyl sites for hydroxylation is 1. The zero-order chi connectivity index (χ0) is 12.8. The van der Waals surface area contributed by atoms with Crippen LogP contribution in [-0.4, -0.2) is 27.2 Å². The fourth-order valence-electron chi connectivity index (χ4n) is 1.96. The summed E-state index contributed by atoms with van der Waals surface area (Å²) in [5.74, 6) is 1.50. The van der Waals surface area contributed by atoms with Gasteiger partial charge in [0.1, 0.15) is 5.75 Å². The fraction of sp³-hybridized carbons (Fsp3) is 0.571. The Balaban J connectivity index is 2.75. The predicted molar refractivity (Wildman–Crippen MR) is 73.8 cm³/mol. The van der Waals surface area contributed by atoms with E-state index in [9.17, 15) is 0 Å². The van der Waals surface area contributed by atoms with E-state index in [0.717, 1.165) is 30.8 Å². The molecule has 0 saturated heterocycles. The molecule has 3 heteroatoms. The maximum atomic E-state index is 5.74. The molecular weight excluding hydrogens is 212 g/mol. The summed E-state index contributed by atoms with van der Waals surface area (Å²) in [7, 11) is 3.81. The number of rotatable bonds is 6. The lowest BCUT2D eigenvalue weighted by Crippen LogP contribution is -2.29. The van der Waals surface area contributed by atoms with Gasteiger partial charge in [-0.25, -0.2) is 0 Å². The summed E-state index contributed by atoms with van der Waals surface area (Å²) < 4.78 is 5.26. The molecule has 0 aliphatic carbocycles. The number of benzene rings is 1. The number of hydrogen-bond donors (Lipinski definition) is 1. The Bertz CT molecular complexity index is 348. The monoisotopic (exact) mass is 236 g/mol. The minimum atomic E-state index is 0.558. The molecule has 0 heterocycles. The first-order chi connectivity index (χ1) is 8.12. The van der Waals surface area contributed by atoms with Crippen LogP contribution in [0.1, 0.15) is 18.9 Å². The molecule has 0 fully saturated rings. The first-order valence-electron chi connectivity index (χ1n) is 6.18. The van der Waals surface area contributed by atoms with Gasteiger partial charge in [-0.05, 0) is 43.1 Å². The Morgan fingerprint density at radius 1 is 1.41 bits per heavy atom. The molecule has 2 N–H and O–H groups in total. The van der Waals surface area contributed by atoms with E-state index in [1.54, 1.807) is 7.11 Å². The lowest BCUT2D eigenvalue weighted by Gasteiger charge is -2.25. The van der Waals surface area contributed by atoms with Gasteiger partial charge in [0.15, 0.2) is 0 Å². The van der Waals surface area contributed by atoms with Crippen LogP contribution in [0.3, 0.4) is 0 Å². The molecule has 3 nitrogen and oxygen atoms in total. The Labute approximate surface area is 105 Å². The standard InChI is InChI=1S/C14H24N2O/c1-5-12(9-15)10-16(3)13-6-7-14(17-4)11(2)8-13/h6-8,12H,5,9-10,15H2,1-4H3. The molecule has 1 unspecified atom stereocenters. The number of nitrogens with zero attached hydrogens (tertiary/aromatic N) is 1. The van der Waals surface area contributed by atoms with Gasteiger partial charge in [0.05, 0.1) is 7.11 Å². The summed E-state index contributed by atoms with van der Waals surface area (Å²) in [6, 6.07) is 6.27. The minimum absolute atomic E-state index is 0.558. The molecule has 0 bridgehead atoms. The zero-order valence-electron chi connectivity index (χ0n) is 11.4. The largest absolute Gasteiger partial charge is 0.496 e. The fourth-order valence-corrected chi connectivity index (χ4v) is 1.96. The van der Waals surface area contributed by atoms with Crippen molar-refractivity contribution in [1.82, 2.24) is 0 Å². The predicted octanol–water partition coefficient (Wildman–Crippen LogP) is 2.42. The molecule has 0 saturated carbocycles. The first-order valence-corrected chi connectivity index (χ1v) is 6.18. The summed E-state index contributed by atoms with van der Waals surface area (Å²) in [6.07, 6.45) is 1.12. The van der Waals surface area contributed by atoms with Gasteiger partial charge in [0.25, 0.3) is 0 Å². The highest BCUT2D eigenvalue weighted by Crippen LogP contribution is 2.24. The minimum Gasteiger partial charge on any atom is -0.496 e. The molecule has 1 aromatic carbocycles. The molecule has 17 heavy (non-hydrogen) atoms. The lowest BCUT2D eigenvalue weighted by atomic mass is 10.1. The third-order valence-electron chi connectivity index (χ3n) is 3.26. The molecule has 1 rings (SSSR count). The summed E-state index contributed by atoms with van der Waals surface area (Å²) in [5.41, 5.74) is 8.12. The molecule has 0 spiro atoms. The van der Waals surface area contributed by atoms with Gasteiger partial charge in [-0.2, -0.15) is 0 Å². The van der Waals surface area contributed by atoms with Gasteiger partial charge in [-0.15, -0.1) is 0 Å². The highest BCUT2D eigenvalue weighted by atomic mass is 16.5. The van der Waals surface area contributed by atoms with E-state index in [2.05, 4.69) is 37.9 Å². The molecule has 0 aromatic heterocycles. The average molecular weight is 236 g/mol. The molecule has 1 atom stereocenters. The van der Waals surface area contributed by atoms with Gasteiger partial charge in [-0.3, -0.25) is 0 Å². The van der Waals surface area contributed by atoms with Crippen molar-refractivity contribution in [3.63, 3.8) is 0 Å². The van der Waals surface area contributed by atoms with E-state index >= 15 is 0 Å². The van der Waals surface area contributed by atoms with Crippen LogP contribution in [0.25, 0.3) is 0 Å². The average Bonchev–Trinajstić information content (AvgIpc) is 2.35. The number of ether oxygens (including phenoxy) is 1. The van der Waals surface area contributed by atoms with Crippen molar-refractivity contribution in [3.8, 4) is 5.75 Å². The van der Waals surface area contributed by atoms with Gasteiger partial charge in [0, 0.05) is 19.3 Å². The SMILES string of the molecule is CCC(CN)CN(C)c1ccc(OC)c(C)c1. The van der Waals surface area contributed by atoms with Crippen LogP contribution in [0.4, 0.5) is 5.69 Å². The normalized spacial score (nSPS) is 12.3. The molecule has 0 aliphatic rings. The smallest absolute Gasteiger partial charge is 0.121 e. The van der Waals surface area contributed by atoms with Crippen LogP contribution in [0.15, 0.2) is 18.2 Å². The van der Waals surface area contributed by atoms with Gasteiger partial charge in [-0.1, -0.05) is 13.3 Å². The van der Waals surface area contributed by atoms with Crippen LogP contribution in [0, 0.1) is 12.8 Å². The number of methoxy groups -OCH3 is 1. The van der Waals surface area contributed by atoms with Crippen LogP contribution < -0.4 is 15.4 Å². The van der Waals surface area contributed by atoms with Crippen molar-refractivity contribution in [2.24, 2.45) is 11.7 Å². The van der Waals surface area contributed by atoms with Gasteiger partial charge >= 0.3 is 0 Å². The number of hydrogen-bond acceptors (Lipinski definition) is 3. The summed E-state index contributed by atoms with van der Waals surface area (Å²) in [6.45, 7) is 6.00. The topological polar surface area (TPSA) is 38.5 Å². The summed E-state index contributed by atoms with van der Waals surface area (Å²) >= 11 is 0. The van der Waals surface area contributed by atoms with E-state index < -0.39 is 0 Å². The summed E-state index contributed by atoms with van der Waals surface area (Å²) in [5, 5.41) is 0. The van der Waals surface area contributed by atoms with E-state index in [-0.39, 0.29) is 0 Å². The van der Waals surface area contributed by atoms with Crippen LogP contribution in [-0.2, 0) is 0 Å². The van der Waals surface area contributed by atoms with Crippen LogP contribution in [0.2, 0.25) is 0 Å². The quantitative estimate of drug-likeness (QED) is 0.824. The Morgan fingerprint density at radius 2 is 2.12 bits per heavy atom. The van der Waals surface area contributed by atoms with E-state index in [1.807, 2.05) is 6.07 Å². The highest BCUT2D eigenvalue weighted by molar-refractivity contribution is 5.52. The van der Waals surface area contributed by atoms with Crippen molar-refractivity contribution in [3.05, 3.63) is 23.8 Å². The number of anilines is 1. The first kappa shape index (κ1) is 13.8. The van der Waals surface area contributed by atoms with Crippen molar-refractivity contribution >= 4 is 5.69 Å². The van der Waals surface area contributed by atoms with Crippen LogP contribution >= 0.6 is 0 Å². The second kappa shape index (κ2) is 6.50. The van der Waals surface area contributed by atoms with Crippen molar-refractivity contribution in [1.29, 1.82) is 0 Å². The second-order valence-electron chi connectivity index (χ2n) is 4.54. The highest BCUT2D eigenvalue weighted by Gasteiger charge is 2.09. The molecule has 0 aliphatic heterocycles. The van der Waals surface area contributed by atoms with E-state index in [4.69, 9.17) is 10.5 Å². The Hall–Kier alpha value is -1.22. The zero-order valence-corrected chi connectivity index (χ0v) is 11.4. The van der Waals surface area contributed by atoms with Gasteiger partial charge < -0.3 is 15.4 Å². The summed E-state index contributed by atoms with van der Waals surface area (Å²) in [4.78, 5) is 2.26. The van der Waals surface area contributed by atoms with Crippen molar-refractivity contribution in [2.45, 2.75) is 20.3 Å². The second-order valence-corrected chi connectivity index (χ2v) is 4.54. The van der Waals surface area contributed by atoms with E-state index in [1.165, 1.54) is 5.69 Å². The molecule has 96 valence electrons. The molecule has 0 radical (unpaired) electrons. The molecule has 1 aromatic rings. The Kier molecular flexibility index (Phi) is 5.29. The van der Waals surface area contributed by atoms with Gasteiger partial charge in [0.2, 0.25) is 0 Å². The maximum absolute atomic E-state index is 5.74. The van der Waals surface area contributed by atoms with Crippen LogP contribution in [0.5, 0.6) is 5.75 Å². The Morgan fingerprint density at radius 3 is 2.59 bits per heavy atom. The van der Waals surface area contributed by atoms with Crippen molar-refractivity contribution in [2.75, 3.05) is 32.1 Å². The molecular formula is C14H24N2O. The number of nitrogens with two attached hydrogens (primary N) is 1.